The molecule has 0 aliphatic carbocycles. The van der Waals surface area contributed by atoms with Crippen LogP contribution in [0.15, 0.2) is 48.5 Å². The number of nitrogens with zero attached hydrogens (tertiary/aromatic N) is 2. The molecule has 0 saturated heterocycles. The van der Waals surface area contributed by atoms with E-state index in [0.717, 1.165) is 11.0 Å². The molecule has 0 bridgehead atoms. The number of rotatable bonds is 5. The number of halogens is 1. The zero-order valence-corrected chi connectivity index (χ0v) is 13.3. The van der Waals surface area contributed by atoms with Crippen LogP contribution in [0.1, 0.15) is 18.3 Å². The number of carbonyl (C=O) groups excluding carboxylic acids is 1. The first kappa shape index (κ1) is 16.0. The molecular formula is C18H18FN3O2. The molecule has 1 amide bonds. The monoisotopic (exact) mass is 327 g/mol. The number of imidazole rings is 1. The second-order valence-corrected chi connectivity index (χ2v) is 5.27. The Labute approximate surface area is 139 Å². The summed E-state index contributed by atoms with van der Waals surface area (Å²) in [5.74, 6) is 0.382. The first-order valence-electron chi connectivity index (χ1n) is 7.77. The molecule has 1 heterocycles. The summed E-state index contributed by atoms with van der Waals surface area (Å²) >= 11 is 0. The van der Waals surface area contributed by atoms with Gasteiger partial charge in [0.2, 0.25) is 0 Å². The van der Waals surface area contributed by atoms with Crippen LogP contribution in [-0.4, -0.2) is 22.3 Å². The van der Waals surface area contributed by atoms with E-state index < -0.39 is 6.09 Å². The van der Waals surface area contributed by atoms with Crippen molar-refractivity contribution < 1.29 is 13.9 Å². The lowest BCUT2D eigenvalue weighted by atomic mass is 10.2. The van der Waals surface area contributed by atoms with Gasteiger partial charge in [-0.1, -0.05) is 30.3 Å². The van der Waals surface area contributed by atoms with E-state index in [4.69, 9.17) is 4.74 Å². The average molecular weight is 327 g/mol. The molecule has 24 heavy (non-hydrogen) atoms. The van der Waals surface area contributed by atoms with E-state index in [0.29, 0.717) is 24.5 Å². The summed E-state index contributed by atoms with van der Waals surface area (Å²) in [4.78, 5) is 16.1. The number of alkyl carbamates (subject to hydrolysis) is 1. The van der Waals surface area contributed by atoms with E-state index in [9.17, 15) is 9.18 Å². The van der Waals surface area contributed by atoms with Gasteiger partial charge in [-0.2, -0.15) is 0 Å². The fourth-order valence-corrected chi connectivity index (χ4v) is 2.57. The number of fused-ring (bicyclic) bond motifs is 1. The first-order valence-corrected chi connectivity index (χ1v) is 7.77. The van der Waals surface area contributed by atoms with Gasteiger partial charge in [0.1, 0.15) is 11.6 Å². The van der Waals surface area contributed by atoms with Gasteiger partial charge in [0.25, 0.3) is 0 Å². The van der Waals surface area contributed by atoms with Crippen molar-refractivity contribution >= 4 is 17.1 Å². The molecule has 0 saturated carbocycles. The highest BCUT2D eigenvalue weighted by Crippen LogP contribution is 2.19. The second kappa shape index (κ2) is 7.12. The Morgan fingerprint density at radius 2 is 1.96 bits per heavy atom. The summed E-state index contributed by atoms with van der Waals surface area (Å²) in [6.45, 7) is 2.60. The summed E-state index contributed by atoms with van der Waals surface area (Å²) in [6.07, 6.45) is -0.498. The van der Waals surface area contributed by atoms with E-state index in [1.165, 1.54) is 6.07 Å². The minimum absolute atomic E-state index is 0.210. The van der Waals surface area contributed by atoms with Crippen molar-refractivity contribution in [2.24, 2.45) is 0 Å². The van der Waals surface area contributed by atoms with Crippen LogP contribution in [0.2, 0.25) is 0 Å². The maximum Gasteiger partial charge on any atom is 0.407 e. The maximum atomic E-state index is 14.0. The minimum Gasteiger partial charge on any atom is -0.450 e. The molecule has 0 atom stereocenters. The largest absolute Gasteiger partial charge is 0.450 e. The standard InChI is InChI=1S/C18H18FN3O2/c1-2-24-18(23)20-11-17-21-15-9-5-6-10-16(15)22(17)12-13-7-3-4-8-14(13)19/h3-10H,2,11-12H2,1H3,(H,20,23). The van der Waals surface area contributed by atoms with Crippen molar-refractivity contribution in [1.29, 1.82) is 0 Å². The molecule has 3 aromatic rings. The molecular weight excluding hydrogens is 309 g/mol. The van der Waals surface area contributed by atoms with Crippen LogP contribution in [0.25, 0.3) is 11.0 Å². The third-order valence-electron chi connectivity index (χ3n) is 3.69. The SMILES string of the molecule is CCOC(=O)NCc1nc2ccccc2n1Cc1ccccc1F. The lowest BCUT2D eigenvalue weighted by Crippen LogP contribution is -2.25. The number of para-hydroxylation sites is 2. The van der Waals surface area contributed by atoms with E-state index in [1.54, 1.807) is 25.1 Å². The van der Waals surface area contributed by atoms with Crippen molar-refractivity contribution in [3.05, 3.63) is 65.7 Å². The predicted octanol–water partition coefficient (Wildman–Crippen LogP) is 3.47. The van der Waals surface area contributed by atoms with Crippen molar-refractivity contribution in [2.75, 3.05) is 6.61 Å². The lowest BCUT2D eigenvalue weighted by Gasteiger charge is -2.11. The quantitative estimate of drug-likeness (QED) is 0.781. The van der Waals surface area contributed by atoms with Gasteiger partial charge in [-0.25, -0.2) is 14.2 Å². The van der Waals surface area contributed by atoms with Crippen molar-refractivity contribution in [3.8, 4) is 0 Å². The van der Waals surface area contributed by atoms with Crippen LogP contribution in [0.3, 0.4) is 0 Å². The van der Waals surface area contributed by atoms with Crippen LogP contribution in [0, 0.1) is 5.82 Å². The van der Waals surface area contributed by atoms with E-state index in [-0.39, 0.29) is 12.4 Å². The normalized spacial score (nSPS) is 10.8. The summed E-state index contributed by atoms with van der Waals surface area (Å²) in [5, 5.41) is 2.66. The van der Waals surface area contributed by atoms with Gasteiger partial charge < -0.3 is 14.6 Å². The topological polar surface area (TPSA) is 56.1 Å². The summed E-state index contributed by atoms with van der Waals surface area (Å²) in [5.41, 5.74) is 2.26. The molecule has 124 valence electrons. The molecule has 0 unspecified atom stereocenters. The van der Waals surface area contributed by atoms with Crippen LogP contribution < -0.4 is 5.32 Å². The zero-order chi connectivity index (χ0) is 16.9. The zero-order valence-electron chi connectivity index (χ0n) is 13.3. The van der Waals surface area contributed by atoms with Gasteiger partial charge in [-0.3, -0.25) is 0 Å². The molecule has 0 fully saturated rings. The predicted molar refractivity (Wildman–Crippen MR) is 89.1 cm³/mol. The van der Waals surface area contributed by atoms with Crippen LogP contribution >= 0.6 is 0 Å². The number of hydrogen-bond acceptors (Lipinski definition) is 3. The molecule has 1 aromatic heterocycles. The number of ether oxygens (including phenoxy) is 1. The Morgan fingerprint density at radius 3 is 2.75 bits per heavy atom. The Hall–Kier alpha value is -2.89. The number of amides is 1. The smallest absolute Gasteiger partial charge is 0.407 e. The Morgan fingerprint density at radius 1 is 1.21 bits per heavy atom. The second-order valence-electron chi connectivity index (χ2n) is 5.27. The number of carbonyl (C=O) groups is 1. The highest BCUT2D eigenvalue weighted by molar-refractivity contribution is 5.76. The molecule has 0 spiro atoms. The van der Waals surface area contributed by atoms with E-state index in [1.807, 2.05) is 28.8 Å². The van der Waals surface area contributed by atoms with Gasteiger partial charge >= 0.3 is 6.09 Å². The van der Waals surface area contributed by atoms with Crippen molar-refractivity contribution in [3.63, 3.8) is 0 Å². The molecule has 3 rings (SSSR count). The average Bonchev–Trinajstić information content (AvgIpc) is 2.93. The number of aromatic nitrogens is 2. The number of hydrogen-bond donors (Lipinski definition) is 1. The molecule has 0 radical (unpaired) electrons. The highest BCUT2D eigenvalue weighted by Gasteiger charge is 2.13. The molecule has 0 aliphatic rings. The molecule has 2 aromatic carbocycles. The minimum atomic E-state index is -0.498. The van der Waals surface area contributed by atoms with Gasteiger partial charge in [-0.15, -0.1) is 0 Å². The van der Waals surface area contributed by atoms with Gasteiger partial charge in [-0.05, 0) is 25.1 Å². The Kier molecular flexibility index (Phi) is 4.74. The van der Waals surface area contributed by atoms with E-state index >= 15 is 0 Å². The Bertz CT molecular complexity index is 860. The van der Waals surface area contributed by atoms with Crippen molar-refractivity contribution in [1.82, 2.24) is 14.9 Å². The van der Waals surface area contributed by atoms with Gasteiger partial charge in [0.15, 0.2) is 0 Å². The first-order chi connectivity index (χ1) is 11.7. The molecule has 6 heteroatoms. The summed E-state index contributed by atoms with van der Waals surface area (Å²) in [6, 6.07) is 14.3. The maximum absolute atomic E-state index is 14.0. The Balaban J connectivity index is 1.93. The molecule has 1 N–H and O–H groups in total. The number of nitrogens with one attached hydrogen (secondary N) is 1. The van der Waals surface area contributed by atoms with E-state index in [2.05, 4.69) is 10.3 Å². The third kappa shape index (κ3) is 3.37. The van der Waals surface area contributed by atoms with Crippen LogP contribution in [0.4, 0.5) is 9.18 Å². The fraction of sp³-hybridized carbons (Fsp3) is 0.222. The van der Waals surface area contributed by atoms with Gasteiger partial charge in [0.05, 0.1) is 30.7 Å². The molecule has 0 aliphatic heterocycles. The fourth-order valence-electron chi connectivity index (χ4n) is 2.57. The van der Waals surface area contributed by atoms with Crippen LogP contribution in [-0.2, 0) is 17.8 Å². The van der Waals surface area contributed by atoms with Crippen molar-refractivity contribution in [2.45, 2.75) is 20.0 Å². The van der Waals surface area contributed by atoms with Gasteiger partial charge in [0, 0.05) is 5.56 Å². The summed E-state index contributed by atoms with van der Waals surface area (Å²) in [7, 11) is 0. The number of benzene rings is 2. The molecule has 5 nitrogen and oxygen atoms in total. The van der Waals surface area contributed by atoms with Crippen LogP contribution in [0.5, 0.6) is 0 Å². The highest BCUT2D eigenvalue weighted by atomic mass is 19.1. The lowest BCUT2D eigenvalue weighted by molar-refractivity contribution is 0.151. The third-order valence-corrected chi connectivity index (χ3v) is 3.69. The summed E-state index contributed by atoms with van der Waals surface area (Å²) < 4.78 is 20.8.